The van der Waals surface area contributed by atoms with Crippen molar-refractivity contribution in [3.63, 3.8) is 0 Å². The number of ether oxygens (including phenoxy) is 1. The van der Waals surface area contributed by atoms with E-state index in [1.165, 1.54) is 186 Å². The fourth-order valence-electron chi connectivity index (χ4n) is 7.90. The van der Waals surface area contributed by atoms with Crippen LogP contribution < -0.4 is 5.32 Å². The average molecular weight is 780 g/mol. The molecule has 3 N–H and O–H groups in total. The van der Waals surface area contributed by atoms with E-state index in [1.54, 1.807) is 0 Å². The Morgan fingerprint density at radius 3 is 1.11 bits per heavy atom. The van der Waals surface area contributed by atoms with Crippen molar-refractivity contribution in [1.29, 1.82) is 0 Å². The van der Waals surface area contributed by atoms with E-state index in [2.05, 4.69) is 26.1 Å². The van der Waals surface area contributed by atoms with E-state index in [0.717, 1.165) is 44.9 Å². The lowest BCUT2D eigenvalue weighted by atomic mass is 10.0. The van der Waals surface area contributed by atoms with E-state index in [1.807, 2.05) is 0 Å². The van der Waals surface area contributed by atoms with Gasteiger partial charge in [0.2, 0.25) is 5.91 Å². The molecule has 3 atom stereocenters. The Bertz CT molecular complexity index is 791. The molecule has 0 aromatic rings. The number of amides is 1. The van der Waals surface area contributed by atoms with Gasteiger partial charge in [0.1, 0.15) is 6.10 Å². The van der Waals surface area contributed by atoms with Gasteiger partial charge in [0, 0.05) is 6.42 Å². The lowest BCUT2D eigenvalue weighted by molar-refractivity contribution is -0.151. The van der Waals surface area contributed by atoms with E-state index in [0.29, 0.717) is 19.3 Å². The summed E-state index contributed by atoms with van der Waals surface area (Å²) in [7, 11) is 0. The van der Waals surface area contributed by atoms with Crippen LogP contribution in [-0.2, 0) is 14.3 Å². The number of esters is 1. The number of rotatable bonds is 45. The lowest BCUT2D eigenvalue weighted by Crippen LogP contribution is -2.46. The van der Waals surface area contributed by atoms with Crippen LogP contribution in [0.15, 0.2) is 0 Å². The molecule has 1 amide bonds. The molecule has 0 bridgehead atoms. The van der Waals surface area contributed by atoms with Crippen molar-refractivity contribution in [2.45, 2.75) is 296 Å². The molecular weight excluding hydrogens is 683 g/mol. The fraction of sp³-hybridized carbons (Fsp3) is 0.959. The highest BCUT2D eigenvalue weighted by Gasteiger charge is 2.24. The zero-order valence-electron chi connectivity index (χ0n) is 37.3. The van der Waals surface area contributed by atoms with Gasteiger partial charge in [0.05, 0.1) is 25.2 Å². The molecule has 0 aliphatic heterocycles. The number of hydrogen-bond donors (Lipinski definition) is 3. The molecule has 6 nitrogen and oxygen atoms in total. The van der Waals surface area contributed by atoms with Gasteiger partial charge >= 0.3 is 5.97 Å². The lowest BCUT2D eigenvalue weighted by Gasteiger charge is -2.24. The second-order valence-electron chi connectivity index (χ2n) is 17.2. The molecule has 0 spiro atoms. The Hall–Kier alpha value is -1.14. The van der Waals surface area contributed by atoms with Gasteiger partial charge in [-0.25, -0.2) is 0 Å². The quantitative estimate of drug-likeness (QED) is 0.0422. The number of carbonyl (C=O) groups is 2. The number of unbranched alkanes of at least 4 members (excludes halogenated alkanes) is 33. The summed E-state index contributed by atoms with van der Waals surface area (Å²) in [6.45, 7) is 6.49. The first kappa shape index (κ1) is 53.9. The van der Waals surface area contributed by atoms with Gasteiger partial charge in [0.25, 0.3) is 0 Å². The van der Waals surface area contributed by atoms with Crippen molar-refractivity contribution in [2.24, 2.45) is 0 Å². The Labute approximate surface area is 343 Å². The van der Waals surface area contributed by atoms with Crippen molar-refractivity contribution in [3.8, 4) is 0 Å². The summed E-state index contributed by atoms with van der Waals surface area (Å²) < 4.78 is 5.91. The number of aliphatic hydroxyl groups excluding tert-OH is 2. The van der Waals surface area contributed by atoms with Crippen LogP contribution in [0, 0.1) is 0 Å². The van der Waals surface area contributed by atoms with Crippen LogP contribution in [0.25, 0.3) is 0 Å². The molecule has 0 saturated carbocycles. The summed E-state index contributed by atoms with van der Waals surface area (Å²) in [5.74, 6) is -0.457. The largest absolute Gasteiger partial charge is 0.462 e. The zero-order valence-corrected chi connectivity index (χ0v) is 37.3. The van der Waals surface area contributed by atoms with Crippen LogP contribution in [0.5, 0.6) is 0 Å². The third-order valence-electron chi connectivity index (χ3n) is 11.7. The maximum atomic E-state index is 13.1. The first-order valence-corrected chi connectivity index (χ1v) is 24.8. The minimum atomic E-state index is -0.778. The summed E-state index contributed by atoms with van der Waals surface area (Å²) in [6, 6.07) is -0.691. The van der Waals surface area contributed by atoms with Crippen LogP contribution in [-0.4, -0.2) is 46.9 Å². The van der Waals surface area contributed by atoms with Crippen molar-refractivity contribution in [2.75, 3.05) is 6.61 Å². The molecule has 328 valence electrons. The predicted molar refractivity (Wildman–Crippen MR) is 237 cm³/mol. The molecule has 3 unspecified atom stereocenters. The van der Waals surface area contributed by atoms with Crippen LogP contribution in [0.1, 0.15) is 278 Å². The van der Waals surface area contributed by atoms with Crippen molar-refractivity contribution in [1.82, 2.24) is 5.32 Å². The summed E-state index contributed by atoms with van der Waals surface area (Å²) in [5.41, 5.74) is 0. The fourth-order valence-corrected chi connectivity index (χ4v) is 7.90. The maximum Gasteiger partial charge on any atom is 0.306 e. The van der Waals surface area contributed by atoms with Gasteiger partial charge in [0.15, 0.2) is 0 Å². The first-order chi connectivity index (χ1) is 27.0. The molecule has 0 aromatic heterocycles. The standard InChI is InChI=1S/C49H97NO5/c1-4-7-10-13-16-19-22-23-24-25-27-29-32-35-38-41-47(52)46(44-51)50-48(53)43-45(40-37-34-31-28-26-20-17-14-11-8-5-2)55-49(54)42-39-36-33-30-21-18-15-12-9-6-3/h45-47,51-52H,4-44H2,1-3H3,(H,50,53). The number of hydrogen-bond acceptors (Lipinski definition) is 5. The number of carbonyl (C=O) groups excluding carboxylic acids is 2. The van der Waals surface area contributed by atoms with E-state index >= 15 is 0 Å². The third-order valence-corrected chi connectivity index (χ3v) is 11.7. The normalized spacial score (nSPS) is 13.2. The summed E-state index contributed by atoms with van der Waals surface area (Å²) in [5, 5.41) is 23.7. The van der Waals surface area contributed by atoms with Gasteiger partial charge in [-0.15, -0.1) is 0 Å². The van der Waals surface area contributed by atoms with Gasteiger partial charge in [-0.3, -0.25) is 9.59 Å². The number of nitrogens with one attached hydrogen (secondary N) is 1. The summed E-state index contributed by atoms with van der Waals surface area (Å²) >= 11 is 0. The Morgan fingerprint density at radius 1 is 0.455 bits per heavy atom. The van der Waals surface area contributed by atoms with Crippen molar-refractivity contribution in [3.05, 3.63) is 0 Å². The topological polar surface area (TPSA) is 95.9 Å². The third kappa shape index (κ3) is 39.5. The molecule has 0 heterocycles. The Morgan fingerprint density at radius 2 is 0.764 bits per heavy atom. The molecule has 0 rings (SSSR count). The van der Waals surface area contributed by atoms with E-state index in [-0.39, 0.29) is 24.9 Å². The van der Waals surface area contributed by atoms with E-state index < -0.39 is 18.2 Å². The highest BCUT2D eigenvalue weighted by molar-refractivity contribution is 5.77. The second kappa shape index (κ2) is 44.0. The second-order valence-corrected chi connectivity index (χ2v) is 17.2. The summed E-state index contributed by atoms with van der Waals surface area (Å²) in [4.78, 5) is 26.0. The van der Waals surface area contributed by atoms with Gasteiger partial charge in [-0.1, -0.05) is 239 Å². The molecular formula is C49H97NO5. The van der Waals surface area contributed by atoms with Crippen molar-refractivity contribution < 1.29 is 24.5 Å². The highest BCUT2D eigenvalue weighted by Crippen LogP contribution is 2.18. The van der Waals surface area contributed by atoms with Crippen molar-refractivity contribution >= 4 is 11.9 Å². The molecule has 55 heavy (non-hydrogen) atoms. The van der Waals surface area contributed by atoms with E-state index in [9.17, 15) is 19.8 Å². The average Bonchev–Trinajstić information content (AvgIpc) is 3.18. The van der Waals surface area contributed by atoms with E-state index in [4.69, 9.17) is 4.74 Å². The predicted octanol–water partition coefficient (Wildman–Crippen LogP) is 14.4. The molecule has 0 aromatic carbocycles. The Balaban J connectivity index is 4.45. The van der Waals surface area contributed by atoms with Crippen LogP contribution >= 0.6 is 0 Å². The van der Waals surface area contributed by atoms with Crippen LogP contribution in [0.2, 0.25) is 0 Å². The molecule has 0 saturated heterocycles. The minimum absolute atomic E-state index is 0.0870. The molecule has 0 fully saturated rings. The van der Waals surface area contributed by atoms with Crippen LogP contribution in [0.4, 0.5) is 0 Å². The van der Waals surface area contributed by atoms with Gasteiger partial charge in [-0.2, -0.15) is 0 Å². The van der Waals surface area contributed by atoms with Gasteiger partial charge in [-0.05, 0) is 25.7 Å². The smallest absolute Gasteiger partial charge is 0.306 e. The summed E-state index contributed by atoms with van der Waals surface area (Å²) in [6.07, 6.45) is 45.9. The number of aliphatic hydroxyl groups is 2. The monoisotopic (exact) mass is 780 g/mol. The molecule has 6 heteroatoms. The molecule has 0 aliphatic carbocycles. The molecule has 0 aliphatic rings. The van der Waals surface area contributed by atoms with Crippen LogP contribution in [0.3, 0.4) is 0 Å². The zero-order chi connectivity index (χ0) is 40.3. The van der Waals surface area contributed by atoms with Gasteiger partial charge < -0.3 is 20.3 Å². The maximum absolute atomic E-state index is 13.1. The first-order valence-electron chi connectivity index (χ1n) is 24.8. The molecule has 0 radical (unpaired) electrons. The highest BCUT2D eigenvalue weighted by atomic mass is 16.5. The SMILES string of the molecule is CCCCCCCCCCCCCCCCCC(O)C(CO)NC(=O)CC(CCCCCCCCCCCCC)OC(=O)CCCCCCCCCCCC. The Kier molecular flexibility index (Phi) is 43.1. The minimum Gasteiger partial charge on any atom is -0.462 e.